The quantitative estimate of drug-likeness (QED) is 0.636. The molecule has 5 heteroatoms. The average molecular weight is 229 g/mol. The Labute approximate surface area is 97.2 Å². The molecule has 0 unspecified atom stereocenters. The molecule has 0 aromatic rings. The molecule has 1 rings (SSSR count). The fraction of sp³-hybridized carbons (Fsp3) is 0.909. The van der Waals surface area contributed by atoms with Crippen LogP contribution in [-0.4, -0.2) is 55.9 Å². The van der Waals surface area contributed by atoms with Crippen molar-refractivity contribution in [2.24, 2.45) is 5.92 Å². The van der Waals surface area contributed by atoms with Gasteiger partial charge >= 0.3 is 6.03 Å². The molecule has 0 bridgehead atoms. The number of carbonyl (C=O) groups is 1. The van der Waals surface area contributed by atoms with Crippen LogP contribution < -0.4 is 10.6 Å². The van der Waals surface area contributed by atoms with Crippen LogP contribution >= 0.6 is 0 Å². The summed E-state index contributed by atoms with van der Waals surface area (Å²) in [4.78, 5) is 13.4. The maximum absolute atomic E-state index is 11.1. The summed E-state index contributed by atoms with van der Waals surface area (Å²) < 4.78 is 0. The van der Waals surface area contributed by atoms with Crippen LogP contribution in [0.4, 0.5) is 4.79 Å². The molecule has 5 nitrogen and oxygen atoms in total. The Bertz CT molecular complexity index is 215. The van der Waals surface area contributed by atoms with Crippen molar-refractivity contribution in [3.8, 4) is 0 Å². The molecule has 1 aliphatic rings. The van der Waals surface area contributed by atoms with Gasteiger partial charge in [0, 0.05) is 7.05 Å². The molecule has 1 saturated heterocycles. The zero-order valence-electron chi connectivity index (χ0n) is 10.2. The van der Waals surface area contributed by atoms with Gasteiger partial charge in [-0.2, -0.15) is 0 Å². The second kappa shape index (κ2) is 6.70. The number of amides is 2. The summed E-state index contributed by atoms with van der Waals surface area (Å²) >= 11 is 0. The van der Waals surface area contributed by atoms with E-state index in [0.717, 1.165) is 32.4 Å². The molecule has 0 spiro atoms. The normalized spacial score (nSPS) is 20.4. The monoisotopic (exact) mass is 229 g/mol. The van der Waals surface area contributed by atoms with Gasteiger partial charge in [-0.05, 0) is 45.3 Å². The van der Waals surface area contributed by atoms with E-state index in [4.69, 9.17) is 0 Å². The molecule has 0 aromatic carbocycles. The number of rotatable bonds is 4. The number of aliphatic hydroxyl groups excluding tert-OH is 1. The van der Waals surface area contributed by atoms with E-state index >= 15 is 0 Å². The molecule has 0 radical (unpaired) electrons. The van der Waals surface area contributed by atoms with E-state index in [1.165, 1.54) is 0 Å². The van der Waals surface area contributed by atoms with Crippen LogP contribution in [-0.2, 0) is 0 Å². The molecular weight excluding hydrogens is 206 g/mol. The van der Waals surface area contributed by atoms with Gasteiger partial charge in [0.15, 0.2) is 0 Å². The number of hydrogen-bond donors (Lipinski definition) is 3. The fourth-order valence-corrected chi connectivity index (χ4v) is 2.14. The highest BCUT2D eigenvalue weighted by Crippen LogP contribution is 2.20. The van der Waals surface area contributed by atoms with E-state index < -0.39 is 0 Å². The van der Waals surface area contributed by atoms with Crippen molar-refractivity contribution in [3.05, 3.63) is 0 Å². The zero-order chi connectivity index (χ0) is 12.0. The first kappa shape index (κ1) is 13.3. The van der Waals surface area contributed by atoms with Crippen LogP contribution in [0.2, 0.25) is 0 Å². The second-order valence-electron chi connectivity index (χ2n) is 4.59. The third-order valence-electron chi connectivity index (χ3n) is 3.24. The minimum Gasteiger partial charge on any atom is -0.394 e. The minimum absolute atomic E-state index is 0.0137. The van der Waals surface area contributed by atoms with Gasteiger partial charge in [-0.1, -0.05) is 0 Å². The first-order valence-electron chi connectivity index (χ1n) is 5.93. The molecule has 94 valence electrons. The summed E-state index contributed by atoms with van der Waals surface area (Å²) in [5.74, 6) is 0.616. The molecule has 2 amide bonds. The lowest BCUT2D eigenvalue weighted by atomic mass is 9.90. The Kier molecular flexibility index (Phi) is 5.55. The third-order valence-corrected chi connectivity index (χ3v) is 3.24. The van der Waals surface area contributed by atoms with Gasteiger partial charge in [0.05, 0.1) is 12.6 Å². The van der Waals surface area contributed by atoms with E-state index in [1.54, 1.807) is 7.05 Å². The number of hydrogen-bond acceptors (Lipinski definition) is 3. The maximum atomic E-state index is 11.1. The van der Waals surface area contributed by atoms with Gasteiger partial charge in [-0.25, -0.2) is 4.79 Å². The summed E-state index contributed by atoms with van der Waals surface area (Å²) in [6, 6.07) is -0.333. The SMILES string of the molecule is CNC(=O)N[C@@H](CO)CC1CCN(C)CC1. The fourth-order valence-electron chi connectivity index (χ4n) is 2.14. The van der Waals surface area contributed by atoms with E-state index in [1.807, 2.05) is 0 Å². The Hall–Kier alpha value is -0.810. The predicted molar refractivity (Wildman–Crippen MR) is 63.3 cm³/mol. The van der Waals surface area contributed by atoms with Crippen LogP contribution in [0.25, 0.3) is 0 Å². The lowest BCUT2D eigenvalue weighted by Crippen LogP contribution is -2.44. The smallest absolute Gasteiger partial charge is 0.314 e. The lowest BCUT2D eigenvalue weighted by Gasteiger charge is -2.31. The van der Waals surface area contributed by atoms with Crippen molar-refractivity contribution in [2.45, 2.75) is 25.3 Å². The lowest BCUT2D eigenvalue weighted by molar-refractivity contribution is 0.171. The summed E-state index contributed by atoms with van der Waals surface area (Å²) in [5.41, 5.74) is 0. The zero-order valence-corrected chi connectivity index (χ0v) is 10.2. The molecule has 1 fully saturated rings. The summed E-state index contributed by atoms with van der Waals surface area (Å²) in [7, 11) is 3.71. The molecule has 3 N–H and O–H groups in total. The number of likely N-dealkylation sites (tertiary alicyclic amines) is 1. The molecule has 1 aliphatic heterocycles. The summed E-state index contributed by atoms with van der Waals surface area (Å²) in [6.07, 6.45) is 3.18. The number of piperidine rings is 1. The first-order chi connectivity index (χ1) is 7.65. The van der Waals surface area contributed by atoms with Crippen molar-refractivity contribution >= 4 is 6.03 Å². The molecular formula is C11H23N3O2. The van der Waals surface area contributed by atoms with Crippen LogP contribution in [0.5, 0.6) is 0 Å². The Morgan fingerprint density at radius 2 is 2.12 bits per heavy atom. The average Bonchev–Trinajstić information content (AvgIpc) is 2.30. The number of carbonyl (C=O) groups excluding carboxylic acids is 1. The molecule has 0 aliphatic carbocycles. The van der Waals surface area contributed by atoms with Gasteiger partial charge in [-0.3, -0.25) is 0 Å². The molecule has 1 heterocycles. The number of nitrogens with zero attached hydrogens (tertiary/aromatic N) is 1. The topological polar surface area (TPSA) is 64.6 Å². The molecule has 0 saturated carbocycles. The summed E-state index contributed by atoms with van der Waals surface area (Å²) in [6.45, 7) is 2.24. The van der Waals surface area contributed by atoms with Crippen LogP contribution in [0, 0.1) is 5.92 Å². The maximum Gasteiger partial charge on any atom is 0.314 e. The Balaban J connectivity index is 2.29. The minimum atomic E-state index is -0.216. The highest BCUT2D eigenvalue weighted by molar-refractivity contribution is 5.73. The van der Waals surface area contributed by atoms with Crippen LogP contribution in [0.3, 0.4) is 0 Å². The highest BCUT2D eigenvalue weighted by Gasteiger charge is 2.21. The van der Waals surface area contributed by atoms with Crippen molar-refractivity contribution in [3.63, 3.8) is 0 Å². The summed E-state index contributed by atoms with van der Waals surface area (Å²) in [5, 5.41) is 14.5. The highest BCUT2D eigenvalue weighted by atomic mass is 16.3. The number of urea groups is 1. The van der Waals surface area contributed by atoms with E-state index in [9.17, 15) is 9.90 Å². The Morgan fingerprint density at radius 3 is 2.62 bits per heavy atom. The van der Waals surface area contributed by atoms with Gasteiger partial charge in [0.2, 0.25) is 0 Å². The van der Waals surface area contributed by atoms with Crippen molar-refractivity contribution in [2.75, 3.05) is 33.8 Å². The standard InChI is InChI=1S/C11H23N3O2/c1-12-11(16)13-10(8-15)7-9-3-5-14(2)6-4-9/h9-10,15H,3-8H2,1-2H3,(H2,12,13,16)/t10-/m1/s1. The first-order valence-corrected chi connectivity index (χ1v) is 5.93. The predicted octanol–water partition coefficient (Wildman–Crippen LogP) is 0.00820. The second-order valence-corrected chi connectivity index (χ2v) is 4.59. The largest absolute Gasteiger partial charge is 0.394 e. The van der Waals surface area contributed by atoms with Crippen LogP contribution in [0.1, 0.15) is 19.3 Å². The number of aliphatic hydroxyl groups is 1. The van der Waals surface area contributed by atoms with Gasteiger partial charge < -0.3 is 20.6 Å². The van der Waals surface area contributed by atoms with Gasteiger partial charge in [0.1, 0.15) is 0 Å². The molecule has 1 atom stereocenters. The van der Waals surface area contributed by atoms with Crippen molar-refractivity contribution in [1.82, 2.24) is 15.5 Å². The van der Waals surface area contributed by atoms with Crippen molar-refractivity contribution < 1.29 is 9.90 Å². The van der Waals surface area contributed by atoms with Crippen molar-refractivity contribution in [1.29, 1.82) is 0 Å². The Morgan fingerprint density at radius 1 is 1.50 bits per heavy atom. The molecule has 16 heavy (non-hydrogen) atoms. The van der Waals surface area contributed by atoms with E-state index in [-0.39, 0.29) is 18.7 Å². The van der Waals surface area contributed by atoms with E-state index in [0.29, 0.717) is 5.92 Å². The third kappa shape index (κ3) is 4.37. The van der Waals surface area contributed by atoms with Crippen LogP contribution in [0.15, 0.2) is 0 Å². The van der Waals surface area contributed by atoms with Gasteiger partial charge in [0.25, 0.3) is 0 Å². The van der Waals surface area contributed by atoms with Gasteiger partial charge in [-0.15, -0.1) is 0 Å². The molecule has 0 aromatic heterocycles. The van der Waals surface area contributed by atoms with E-state index in [2.05, 4.69) is 22.6 Å². The number of nitrogens with one attached hydrogen (secondary N) is 2.